The maximum Gasteiger partial charge on any atom is 0.479 e. The molecule has 0 spiro atoms. The van der Waals surface area contributed by atoms with Crippen LogP contribution in [-0.2, 0) is 0 Å². The summed E-state index contributed by atoms with van der Waals surface area (Å²) in [7, 11) is 0. The Morgan fingerprint density at radius 3 is 2.38 bits per heavy atom. The summed E-state index contributed by atoms with van der Waals surface area (Å²) in [5, 5.41) is -0.375. The van der Waals surface area contributed by atoms with Gasteiger partial charge >= 0.3 is 5.51 Å². The van der Waals surface area contributed by atoms with Crippen molar-refractivity contribution in [3.8, 4) is 5.75 Å². The first kappa shape index (κ1) is 13.5. The van der Waals surface area contributed by atoms with Crippen molar-refractivity contribution in [1.29, 1.82) is 0 Å². The van der Waals surface area contributed by atoms with Gasteiger partial charge in [0.15, 0.2) is 24.1 Å². The molecule has 1 aromatic rings. The SMILES string of the molecule is O=Cc1ccc(OSC(F)(F)F)c(Cl)c1Cl. The normalized spacial score (nSPS) is 11.3. The number of benzene rings is 1. The molecule has 0 bridgehead atoms. The van der Waals surface area contributed by atoms with E-state index in [1.54, 1.807) is 0 Å². The Morgan fingerprint density at radius 1 is 1.25 bits per heavy atom. The van der Waals surface area contributed by atoms with Crippen LogP contribution >= 0.6 is 35.2 Å². The van der Waals surface area contributed by atoms with E-state index in [1.165, 1.54) is 6.07 Å². The van der Waals surface area contributed by atoms with Gasteiger partial charge in [0.25, 0.3) is 0 Å². The molecule has 88 valence electrons. The maximum atomic E-state index is 11.8. The van der Waals surface area contributed by atoms with E-state index in [1.807, 2.05) is 0 Å². The smallest absolute Gasteiger partial charge is 0.415 e. The van der Waals surface area contributed by atoms with E-state index in [0.717, 1.165) is 6.07 Å². The zero-order chi connectivity index (χ0) is 12.3. The molecule has 0 unspecified atom stereocenters. The van der Waals surface area contributed by atoms with Crippen LogP contribution in [-0.4, -0.2) is 11.8 Å². The van der Waals surface area contributed by atoms with Crippen molar-refractivity contribution in [3.63, 3.8) is 0 Å². The first-order chi connectivity index (χ1) is 7.35. The first-order valence-electron chi connectivity index (χ1n) is 3.70. The number of carbonyl (C=O) groups excluding carboxylic acids is 1. The molecule has 0 aliphatic rings. The third-order valence-electron chi connectivity index (χ3n) is 1.43. The fraction of sp³-hybridized carbons (Fsp3) is 0.125. The number of carbonyl (C=O) groups is 1. The van der Waals surface area contributed by atoms with Crippen LogP contribution in [0.5, 0.6) is 5.75 Å². The highest BCUT2D eigenvalue weighted by atomic mass is 35.5. The van der Waals surface area contributed by atoms with Gasteiger partial charge in [-0.05, 0) is 12.1 Å². The molecule has 2 nitrogen and oxygen atoms in total. The van der Waals surface area contributed by atoms with Crippen LogP contribution in [0.3, 0.4) is 0 Å². The lowest BCUT2D eigenvalue weighted by atomic mass is 10.2. The van der Waals surface area contributed by atoms with Crippen molar-refractivity contribution < 1.29 is 22.1 Å². The molecule has 0 aliphatic carbocycles. The summed E-state index contributed by atoms with van der Waals surface area (Å²) in [6.07, 6.45) is 0.439. The van der Waals surface area contributed by atoms with Gasteiger partial charge in [0.2, 0.25) is 0 Å². The Hall–Kier alpha value is -0.590. The quantitative estimate of drug-likeness (QED) is 0.611. The van der Waals surface area contributed by atoms with E-state index in [-0.39, 0.29) is 21.4 Å². The average Bonchev–Trinajstić information content (AvgIpc) is 2.19. The lowest BCUT2D eigenvalue weighted by Gasteiger charge is -2.09. The molecule has 0 amide bonds. The van der Waals surface area contributed by atoms with Gasteiger partial charge in [-0.25, -0.2) is 0 Å². The van der Waals surface area contributed by atoms with Gasteiger partial charge in [-0.15, -0.1) is 0 Å². The van der Waals surface area contributed by atoms with Gasteiger partial charge in [-0.2, -0.15) is 13.2 Å². The Kier molecular flexibility index (Phi) is 4.35. The van der Waals surface area contributed by atoms with Crippen molar-refractivity contribution >= 4 is 41.5 Å². The second kappa shape index (κ2) is 5.16. The minimum Gasteiger partial charge on any atom is -0.415 e. The summed E-state index contributed by atoms with van der Waals surface area (Å²) in [6, 6.07) is 2.35. The van der Waals surface area contributed by atoms with Gasteiger partial charge in [0, 0.05) is 5.56 Å². The lowest BCUT2D eigenvalue weighted by Crippen LogP contribution is -2.03. The summed E-state index contributed by atoms with van der Waals surface area (Å²) in [6.45, 7) is 0. The van der Waals surface area contributed by atoms with Crippen LogP contribution < -0.4 is 4.18 Å². The topological polar surface area (TPSA) is 26.3 Å². The molecule has 0 radical (unpaired) electrons. The summed E-state index contributed by atoms with van der Waals surface area (Å²) in [4.78, 5) is 10.4. The molecular weight excluding hydrogens is 288 g/mol. The predicted molar refractivity (Wildman–Crippen MR) is 56.1 cm³/mol. The highest BCUT2D eigenvalue weighted by Crippen LogP contribution is 2.39. The van der Waals surface area contributed by atoms with Crippen molar-refractivity contribution in [3.05, 3.63) is 27.7 Å². The predicted octanol–water partition coefficient (Wildman–Crippen LogP) is 4.35. The van der Waals surface area contributed by atoms with Crippen molar-refractivity contribution in [2.75, 3.05) is 0 Å². The molecular formula is C8H3Cl2F3O2S. The second-order valence-corrected chi connectivity index (χ2v) is 4.06. The van der Waals surface area contributed by atoms with Gasteiger partial charge in [0.05, 0.1) is 5.02 Å². The van der Waals surface area contributed by atoms with Gasteiger partial charge in [-0.3, -0.25) is 4.79 Å². The largest absolute Gasteiger partial charge is 0.479 e. The number of hydrogen-bond donors (Lipinski definition) is 0. The fourth-order valence-electron chi connectivity index (χ4n) is 0.794. The lowest BCUT2D eigenvalue weighted by molar-refractivity contribution is -0.0369. The van der Waals surface area contributed by atoms with E-state index in [4.69, 9.17) is 23.2 Å². The minimum absolute atomic E-state index is 0.0797. The fourth-order valence-corrected chi connectivity index (χ4v) is 1.57. The number of alkyl halides is 3. The van der Waals surface area contributed by atoms with E-state index >= 15 is 0 Å². The Balaban J connectivity index is 2.91. The number of halogens is 5. The molecule has 16 heavy (non-hydrogen) atoms. The van der Waals surface area contributed by atoms with Crippen LogP contribution in [0, 0.1) is 0 Å². The summed E-state index contributed by atoms with van der Waals surface area (Å²) >= 11 is 10.5. The molecule has 0 N–H and O–H groups in total. The molecule has 0 heterocycles. The molecule has 0 saturated heterocycles. The summed E-state index contributed by atoms with van der Waals surface area (Å²) in [5.74, 6) is -0.250. The Morgan fingerprint density at radius 2 is 1.88 bits per heavy atom. The highest BCUT2D eigenvalue weighted by Gasteiger charge is 2.32. The Bertz CT molecular complexity index is 409. The van der Waals surface area contributed by atoms with Crippen LogP contribution in [0.15, 0.2) is 12.1 Å². The average molecular weight is 291 g/mol. The zero-order valence-electron chi connectivity index (χ0n) is 7.35. The Labute approximate surface area is 103 Å². The molecule has 8 heteroatoms. The molecule has 0 aliphatic heterocycles. The van der Waals surface area contributed by atoms with Crippen molar-refractivity contribution in [2.45, 2.75) is 5.51 Å². The molecule has 0 aromatic heterocycles. The second-order valence-electron chi connectivity index (χ2n) is 2.51. The summed E-state index contributed by atoms with van der Waals surface area (Å²) in [5.41, 5.74) is -4.46. The zero-order valence-corrected chi connectivity index (χ0v) is 9.67. The standard InChI is InChI=1S/C8H3Cl2F3O2S/c9-6-4(3-14)1-2-5(7(6)10)15-16-8(11,12)13/h1-3H. The van der Waals surface area contributed by atoms with E-state index < -0.39 is 17.6 Å². The van der Waals surface area contributed by atoms with Crippen LogP contribution in [0.2, 0.25) is 10.0 Å². The highest BCUT2D eigenvalue weighted by molar-refractivity contribution is 7.95. The van der Waals surface area contributed by atoms with Gasteiger partial charge in [-0.1, -0.05) is 23.2 Å². The van der Waals surface area contributed by atoms with Gasteiger partial charge < -0.3 is 4.18 Å². The molecule has 1 rings (SSSR count). The third kappa shape index (κ3) is 3.47. The molecule has 0 atom stereocenters. The van der Waals surface area contributed by atoms with E-state index in [9.17, 15) is 18.0 Å². The maximum absolute atomic E-state index is 11.8. The third-order valence-corrected chi connectivity index (χ3v) is 2.76. The molecule has 0 fully saturated rings. The number of hydrogen-bond acceptors (Lipinski definition) is 3. The van der Waals surface area contributed by atoms with Crippen LogP contribution in [0.1, 0.15) is 10.4 Å². The molecule has 0 saturated carbocycles. The van der Waals surface area contributed by atoms with Crippen molar-refractivity contribution in [2.24, 2.45) is 0 Å². The number of aldehydes is 1. The van der Waals surface area contributed by atoms with E-state index in [2.05, 4.69) is 4.18 Å². The van der Waals surface area contributed by atoms with Crippen LogP contribution in [0.25, 0.3) is 0 Å². The number of rotatable bonds is 3. The minimum atomic E-state index is -4.54. The van der Waals surface area contributed by atoms with Crippen LogP contribution in [0.4, 0.5) is 13.2 Å². The van der Waals surface area contributed by atoms with Gasteiger partial charge in [0.1, 0.15) is 5.02 Å². The molecule has 1 aromatic carbocycles. The first-order valence-corrected chi connectivity index (χ1v) is 5.20. The summed E-state index contributed by atoms with van der Waals surface area (Å²) < 4.78 is 39.8. The van der Waals surface area contributed by atoms with Crippen molar-refractivity contribution in [1.82, 2.24) is 0 Å². The van der Waals surface area contributed by atoms with E-state index in [0.29, 0.717) is 6.29 Å². The monoisotopic (exact) mass is 290 g/mol.